The van der Waals surface area contributed by atoms with Crippen LogP contribution in [-0.2, 0) is 41.9 Å². The molecule has 0 spiro atoms. The summed E-state index contributed by atoms with van der Waals surface area (Å²) >= 11 is 0. The van der Waals surface area contributed by atoms with Gasteiger partial charge in [-0.05, 0) is 31.5 Å². The summed E-state index contributed by atoms with van der Waals surface area (Å²) in [4.78, 5) is 69.2. The van der Waals surface area contributed by atoms with Crippen molar-refractivity contribution in [2.24, 2.45) is 5.11 Å². The number of hydrogen-bond donors (Lipinski definition) is 5. The van der Waals surface area contributed by atoms with Crippen molar-refractivity contribution in [3.05, 3.63) is 52.7 Å². The summed E-state index contributed by atoms with van der Waals surface area (Å²) in [7, 11) is -17.0. The van der Waals surface area contributed by atoms with Crippen molar-refractivity contribution in [2.75, 3.05) is 12.3 Å². The maximum Gasteiger partial charge on any atom is 0.490 e. The van der Waals surface area contributed by atoms with E-state index in [2.05, 4.69) is 38.6 Å². The van der Waals surface area contributed by atoms with E-state index >= 15 is 0 Å². The van der Waals surface area contributed by atoms with Gasteiger partial charge in [0.2, 0.25) is 0 Å². The van der Waals surface area contributed by atoms with E-state index in [4.69, 9.17) is 35.0 Å². The predicted molar refractivity (Wildman–Crippen MR) is 144 cm³/mol. The molecule has 0 radical (unpaired) electrons. The Hall–Kier alpha value is -3.35. The lowest BCUT2D eigenvalue weighted by Crippen LogP contribution is -2.32. The molecule has 6 N–H and O–H groups in total. The van der Waals surface area contributed by atoms with Gasteiger partial charge in [0.05, 0.1) is 29.7 Å². The van der Waals surface area contributed by atoms with Crippen molar-refractivity contribution in [2.45, 2.75) is 44.2 Å². The molecule has 1 aliphatic rings. The molecule has 1 saturated heterocycles. The molecule has 0 amide bonds. The molecule has 5 atom stereocenters. The molecule has 1 aliphatic heterocycles. The van der Waals surface area contributed by atoms with Gasteiger partial charge in [0.25, 0.3) is 0 Å². The van der Waals surface area contributed by atoms with Crippen LogP contribution in [0.2, 0.25) is 0 Å². The Kier molecular flexibility index (Phi) is 9.58. The van der Waals surface area contributed by atoms with E-state index < -0.39 is 60.0 Å². The summed E-state index contributed by atoms with van der Waals surface area (Å²) in [5.74, 6) is -0.889. The largest absolute Gasteiger partial charge is 0.490 e. The molecule has 3 unspecified atom stereocenters. The van der Waals surface area contributed by atoms with Crippen LogP contribution in [0, 0.1) is 0 Å². The molecular formula is C19H24N9O13P3. The fraction of sp³-hybridized carbons (Fsp3) is 0.421. The van der Waals surface area contributed by atoms with Crippen molar-refractivity contribution >= 4 is 46.4 Å². The number of pyridine rings is 1. The van der Waals surface area contributed by atoms with Gasteiger partial charge in [-0.3, -0.25) is 14.1 Å². The molecule has 4 heterocycles. The number of nitrogen functional groups attached to an aromatic ring is 1. The first-order chi connectivity index (χ1) is 20.4. The van der Waals surface area contributed by atoms with Crippen LogP contribution in [0.5, 0.6) is 0 Å². The van der Waals surface area contributed by atoms with E-state index in [9.17, 15) is 28.3 Å². The Bertz CT molecular complexity index is 1760. The average Bonchev–Trinajstić information content (AvgIpc) is 3.50. The monoisotopic (exact) mass is 679 g/mol. The highest BCUT2D eigenvalue weighted by atomic mass is 31.3. The highest BCUT2D eigenvalue weighted by Crippen LogP contribution is 2.66. The van der Waals surface area contributed by atoms with Crippen LogP contribution in [-0.4, -0.2) is 68.9 Å². The number of nitrogens with two attached hydrogens (primary N) is 1. The van der Waals surface area contributed by atoms with E-state index in [1.807, 2.05) is 0 Å². The number of hydrogen-bond acceptors (Lipinski definition) is 15. The smallest absolute Gasteiger partial charge is 0.456 e. The Morgan fingerprint density at radius 3 is 2.59 bits per heavy atom. The van der Waals surface area contributed by atoms with Gasteiger partial charge >= 0.3 is 29.4 Å². The first-order valence-electron chi connectivity index (χ1n) is 12.0. The maximum atomic E-state index is 13.4. The van der Waals surface area contributed by atoms with Gasteiger partial charge in [0.1, 0.15) is 30.3 Å². The lowest BCUT2D eigenvalue weighted by atomic mass is 9.96. The Labute approximate surface area is 246 Å². The number of anilines is 1. The Morgan fingerprint density at radius 2 is 1.91 bits per heavy atom. The normalized spacial score (nSPS) is 21.7. The number of fused-ring (bicyclic) bond motifs is 1. The van der Waals surface area contributed by atoms with Crippen molar-refractivity contribution in [3.8, 4) is 0 Å². The second-order valence-corrected chi connectivity index (χ2v) is 13.8. The quantitative estimate of drug-likeness (QED) is 0.0602. The lowest BCUT2D eigenvalue weighted by molar-refractivity contribution is -0.0490. The zero-order valence-electron chi connectivity index (χ0n) is 22.5. The molecule has 238 valence electrons. The number of imidazole rings is 1. The van der Waals surface area contributed by atoms with Gasteiger partial charge in [0, 0.05) is 17.5 Å². The summed E-state index contributed by atoms with van der Waals surface area (Å²) in [6.07, 6.45) is 0.132. The third-order valence-corrected chi connectivity index (χ3v) is 9.66. The van der Waals surface area contributed by atoms with E-state index in [0.29, 0.717) is 0 Å². The number of ether oxygens (including phenoxy) is 2. The topological polar surface area (TPSA) is 327 Å². The van der Waals surface area contributed by atoms with Crippen molar-refractivity contribution < 1.29 is 60.7 Å². The molecule has 0 bridgehead atoms. The van der Waals surface area contributed by atoms with Crippen LogP contribution < -0.4 is 5.73 Å². The number of azide groups is 1. The Morgan fingerprint density at radius 1 is 1.18 bits per heavy atom. The van der Waals surface area contributed by atoms with Crippen LogP contribution >= 0.6 is 23.5 Å². The van der Waals surface area contributed by atoms with Crippen molar-refractivity contribution in [1.29, 1.82) is 0 Å². The average molecular weight is 679 g/mol. The van der Waals surface area contributed by atoms with E-state index in [1.54, 1.807) is 0 Å². The van der Waals surface area contributed by atoms with Gasteiger partial charge in [-0.2, -0.15) is 8.62 Å². The fourth-order valence-electron chi connectivity index (χ4n) is 4.11. The first-order valence-corrected chi connectivity index (χ1v) is 16.5. The number of phosphoric ester groups is 1. The number of carbonyl (C=O) groups excluding carboxylic acids is 1. The first kappa shape index (κ1) is 33.5. The molecule has 25 heteroatoms. The molecule has 44 heavy (non-hydrogen) atoms. The van der Waals surface area contributed by atoms with Gasteiger partial charge in [-0.15, -0.1) is 0 Å². The van der Waals surface area contributed by atoms with E-state index in [-0.39, 0.29) is 34.7 Å². The van der Waals surface area contributed by atoms with E-state index in [0.717, 1.165) is 0 Å². The fourth-order valence-corrected chi connectivity index (χ4v) is 7.14. The highest BCUT2D eigenvalue weighted by molar-refractivity contribution is 7.66. The summed E-state index contributed by atoms with van der Waals surface area (Å²) in [6.45, 7) is 2.11. The van der Waals surface area contributed by atoms with Crippen LogP contribution in [0.4, 0.5) is 5.82 Å². The van der Waals surface area contributed by atoms with Crippen molar-refractivity contribution in [3.63, 3.8) is 0 Å². The van der Waals surface area contributed by atoms with Gasteiger partial charge in [-0.1, -0.05) is 5.11 Å². The summed E-state index contributed by atoms with van der Waals surface area (Å²) in [6, 6.07) is 2.81. The molecule has 0 aromatic carbocycles. The highest BCUT2D eigenvalue weighted by Gasteiger charge is 2.45. The molecule has 22 nitrogen and oxygen atoms in total. The minimum atomic E-state index is -5.79. The van der Waals surface area contributed by atoms with E-state index in [1.165, 1.54) is 49.4 Å². The standard InChI is InChI=1S/C19H24N9O13P3/c1-19(2,26-27-21)15-10(4-3-5-22-15)18(29)39-11-6-13(28-9-25-14-16(20)23-8-24-17(14)28)38-12(11)7-37-43(33,34)41-44(35,36)40-42(30,31)32/h3-5,8-9,11-13H,6-7H2,1-2H3,(H,33,34)(H,35,36)(H2,20,23,24)(H2,30,31,32)/t11?,12-,13-/m1/s1. The number of aromatic nitrogens is 5. The van der Waals surface area contributed by atoms with Gasteiger partial charge in [0.15, 0.2) is 11.5 Å². The van der Waals surface area contributed by atoms with Crippen LogP contribution in [0.15, 0.2) is 36.1 Å². The Balaban J connectivity index is 1.60. The third kappa shape index (κ3) is 8.02. The lowest BCUT2D eigenvalue weighted by Gasteiger charge is -2.23. The maximum absolute atomic E-state index is 13.4. The van der Waals surface area contributed by atoms with Gasteiger partial charge < -0.3 is 34.8 Å². The van der Waals surface area contributed by atoms with Crippen LogP contribution in [0.1, 0.15) is 42.5 Å². The summed E-state index contributed by atoms with van der Waals surface area (Å²) < 4.78 is 60.1. The SMILES string of the molecule is CC(C)(N=[N+]=[N-])c1ncccc1C(=O)OC1C[C@H](n2cnc3c(N)ncnc32)O[C@@H]1COP(=O)(O)OP(=O)(O)OP(=O)(O)O. The number of nitrogens with zero attached hydrogens (tertiary/aromatic N) is 8. The minimum absolute atomic E-state index is 0.0608. The number of rotatable bonds is 12. The molecule has 4 rings (SSSR count). The van der Waals surface area contributed by atoms with Crippen LogP contribution in [0.3, 0.4) is 0 Å². The summed E-state index contributed by atoms with van der Waals surface area (Å²) in [5.41, 5.74) is 14.0. The molecule has 0 saturated carbocycles. The number of esters is 1. The third-order valence-electron chi connectivity index (χ3n) is 5.86. The van der Waals surface area contributed by atoms with Crippen LogP contribution in [0.25, 0.3) is 21.6 Å². The molecule has 0 aliphatic carbocycles. The molecule has 3 aromatic heterocycles. The number of carbonyl (C=O) groups is 1. The zero-order chi connectivity index (χ0) is 32.5. The zero-order valence-corrected chi connectivity index (χ0v) is 25.2. The molecular weight excluding hydrogens is 655 g/mol. The number of phosphoric acid groups is 3. The second-order valence-electron chi connectivity index (χ2n) is 9.43. The summed E-state index contributed by atoms with van der Waals surface area (Å²) in [5, 5.41) is 3.66. The van der Waals surface area contributed by atoms with Gasteiger partial charge in [-0.25, -0.2) is 33.4 Å². The van der Waals surface area contributed by atoms with Crippen molar-refractivity contribution in [1.82, 2.24) is 24.5 Å². The predicted octanol–water partition coefficient (Wildman–Crippen LogP) is 2.21. The second kappa shape index (κ2) is 12.6. The molecule has 1 fully saturated rings. The molecule has 3 aromatic rings. The minimum Gasteiger partial charge on any atom is -0.456 e.